The van der Waals surface area contributed by atoms with Crippen LogP contribution in [0.2, 0.25) is 0 Å². The molecule has 2 aromatic rings. The van der Waals surface area contributed by atoms with Crippen LogP contribution >= 0.6 is 0 Å². The normalized spacial score (nSPS) is 25.1. The van der Waals surface area contributed by atoms with Gasteiger partial charge in [0.2, 0.25) is 10.0 Å². The maximum atomic E-state index is 14.5. The van der Waals surface area contributed by atoms with Crippen molar-refractivity contribution in [1.29, 1.82) is 0 Å². The van der Waals surface area contributed by atoms with Crippen molar-refractivity contribution in [3.63, 3.8) is 0 Å². The van der Waals surface area contributed by atoms with E-state index in [1.54, 1.807) is 11.1 Å². The monoisotopic (exact) mass is 660 g/mol. The van der Waals surface area contributed by atoms with Gasteiger partial charge in [-0.25, -0.2) is 27.5 Å². The Morgan fingerprint density at radius 1 is 1.17 bits per heavy atom. The minimum Gasteiger partial charge on any atom is -0.451 e. The summed E-state index contributed by atoms with van der Waals surface area (Å²) in [5, 5.41) is 0. The highest BCUT2D eigenvalue weighted by Crippen LogP contribution is 2.45. The first-order valence-electron chi connectivity index (χ1n) is 16.2. The quantitative estimate of drug-likeness (QED) is 0.407. The zero-order valence-corrected chi connectivity index (χ0v) is 27.7. The fraction of sp³-hybridized carbons (Fsp3) is 0.656. The minimum atomic E-state index is -3.23. The highest BCUT2D eigenvalue weighted by atomic mass is 32.2. The first-order valence-corrected chi connectivity index (χ1v) is 18.1. The number of carbonyl (C=O) groups excluding carboxylic acids is 1. The predicted octanol–water partition coefficient (Wildman–Crippen LogP) is 3.05. The molecule has 1 aromatic heterocycles. The molecule has 14 heteroatoms. The predicted molar refractivity (Wildman–Crippen MR) is 170 cm³/mol. The summed E-state index contributed by atoms with van der Waals surface area (Å²) >= 11 is 0. The lowest BCUT2D eigenvalue weighted by Gasteiger charge is -2.54. The van der Waals surface area contributed by atoms with Gasteiger partial charge in [0.25, 0.3) is 5.91 Å². The lowest BCUT2D eigenvalue weighted by atomic mass is 9.72. The lowest BCUT2D eigenvalue weighted by Crippen LogP contribution is -2.61. The molecule has 0 saturated carbocycles. The van der Waals surface area contributed by atoms with Crippen LogP contribution in [0, 0.1) is 11.2 Å². The molecule has 4 aliphatic heterocycles. The second-order valence-corrected chi connectivity index (χ2v) is 15.3. The van der Waals surface area contributed by atoms with Gasteiger partial charge in [0, 0.05) is 43.7 Å². The number of anilines is 1. The van der Waals surface area contributed by atoms with Crippen molar-refractivity contribution in [3.8, 4) is 11.5 Å². The Balaban J connectivity index is 1.06. The van der Waals surface area contributed by atoms with Gasteiger partial charge in [-0.3, -0.25) is 4.79 Å². The van der Waals surface area contributed by atoms with Crippen LogP contribution in [0.25, 0.3) is 0 Å². The number of rotatable bonds is 10. The zero-order valence-electron chi connectivity index (χ0n) is 26.9. The summed E-state index contributed by atoms with van der Waals surface area (Å²) in [5.74, 6) is 0.541. The third-order valence-corrected chi connectivity index (χ3v) is 10.4. The first-order chi connectivity index (χ1) is 22.0. The molecule has 1 N–H and O–H groups in total. The van der Waals surface area contributed by atoms with Crippen LogP contribution in [0.5, 0.6) is 11.5 Å². The summed E-state index contributed by atoms with van der Waals surface area (Å²) in [7, 11) is -3.23. The SMILES string of the molecule is CC(C)N(C(=O)c1cc(F)ccc1Oc1cncnc1N1CC2(CCN(C[C@@H]3CC[C@@H](NS(C)(=O)=O)CO3)CC2)C1)[C@@H]1CCOC1. The Labute approximate surface area is 270 Å². The maximum Gasteiger partial charge on any atom is 0.258 e. The van der Waals surface area contributed by atoms with E-state index in [2.05, 4.69) is 24.5 Å². The summed E-state index contributed by atoms with van der Waals surface area (Å²) in [6.07, 6.45) is 8.86. The van der Waals surface area contributed by atoms with Crippen LogP contribution in [-0.4, -0.2) is 117 Å². The number of hydrogen-bond acceptors (Lipinski definition) is 10. The number of carbonyl (C=O) groups is 1. The van der Waals surface area contributed by atoms with E-state index >= 15 is 0 Å². The third-order valence-electron chi connectivity index (χ3n) is 9.62. The number of amides is 1. The molecular weight excluding hydrogens is 615 g/mol. The largest absolute Gasteiger partial charge is 0.451 e. The number of sulfonamides is 1. The minimum absolute atomic E-state index is 0.0743. The highest BCUT2D eigenvalue weighted by Gasteiger charge is 2.46. The molecule has 1 amide bonds. The maximum absolute atomic E-state index is 14.5. The van der Waals surface area contributed by atoms with Crippen molar-refractivity contribution in [2.45, 2.75) is 70.2 Å². The van der Waals surface area contributed by atoms with Gasteiger partial charge < -0.3 is 28.9 Å². The highest BCUT2D eigenvalue weighted by molar-refractivity contribution is 7.88. The molecule has 5 heterocycles. The fourth-order valence-corrected chi connectivity index (χ4v) is 8.06. The molecule has 1 spiro atoms. The van der Waals surface area contributed by atoms with E-state index in [9.17, 15) is 17.6 Å². The molecule has 0 bridgehead atoms. The van der Waals surface area contributed by atoms with E-state index in [1.165, 1.54) is 30.8 Å². The summed E-state index contributed by atoms with van der Waals surface area (Å²) < 4.78 is 58.0. The van der Waals surface area contributed by atoms with E-state index in [-0.39, 0.29) is 46.9 Å². The molecule has 3 atom stereocenters. The number of benzene rings is 1. The van der Waals surface area contributed by atoms with Gasteiger partial charge in [0.15, 0.2) is 11.6 Å². The molecule has 252 valence electrons. The number of likely N-dealkylation sites (tertiary alicyclic amines) is 1. The van der Waals surface area contributed by atoms with Crippen molar-refractivity contribution in [1.82, 2.24) is 24.5 Å². The average Bonchev–Trinajstić information content (AvgIpc) is 3.52. The fourth-order valence-electron chi connectivity index (χ4n) is 7.27. The topological polar surface area (TPSA) is 126 Å². The van der Waals surface area contributed by atoms with Crippen molar-refractivity contribution in [2.75, 3.05) is 63.7 Å². The molecule has 4 saturated heterocycles. The van der Waals surface area contributed by atoms with Crippen LogP contribution in [0.4, 0.5) is 10.2 Å². The van der Waals surface area contributed by atoms with E-state index < -0.39 is 15.8 Å². The molecule has 12 nitrogen and oxygen atoms in total. The van der Waals surface area contributed by atoms with Crippen LogP contribution in [-0.2, 0) is 19.5 Å². The Kier molecular flexibility index (Phi) is 9.81. The molecule has 46 heavy (non-hydrogen) atoms. The lowest BCUT2D eigenvalue weighted by molar-refractivity contribution is -0.0299. The van der Waals surface area contributed by atoms with Crippen LogP contribution in [0.15, 0.2) is 30.7 Å². The average molecular weight is 661 g/mol. The number of hydrogen-bond donors (Lipinski definition) is 1. The van der Waals surface area contributed by atoms with Crippen molar-refractivity contribution in [3.05, 3.63) is 42.1 Å². The number of aromatic nitrogens is 2. The van der Waals surface area contributed by atoms with Crippen LogP contribution in [0.3, 0.4) is 0 Å². The molecule has 0 radical (unpaired) electrons. The number of nitrogens with one attached hydrogen (secondary N) is 1. The van der Waals surface area contributed by atoms with Gasteiger partial charge in [-0.05, 0) is 77.2 Å². The first kappa shape index (κ1) is 33.0. The number of halogens is 1. The van der Waals surface area contributed by atoms with Gasteiger partial charge in [-0.15, -0.1) is 0 Å². The Morgan fingerprint density at radius 3 is 2.61 bits per heavy atom. The van der Waals surface area contributed by atoms with Gasteiger partial charge in [0.1, 0.15) is 17.9 Å². The number of piperidine rings is 1. The number of nitrogens with zero attached hydrogens (tertiary/aromatic N) is 5. The Morgan fingerprint density at radius 2 is 1.96 bits per heavy atom. The Bertz CT molecular complexity index is 1480. The van der Waals surface area contributed by atoms with Crippen molar-refractivity contribution in [2.24, 2.45) is 5.41 Å². The standard InChI is InChI=1S/C32H45FN6O6S/c1-22(2)39(25-8-13-43-18-25)31(40)27-14-23(33)4-7-28(27)45-29-15-34-21-35-30(29)38-19-32(20-38)9-11-37(12-10-32)16-26-6-5-24(17-44-26)36-46(3,41)42/h4,7,14-15,21-22,24-26,36H,5-6,8-13,16-20H2,1-3H3/t24-,25-,26+/m1/s1. The van der Waals surface area contributed by atoms with E-state index in [0.717, 1.165) is 64.8 Å². The molecular formula is C32H45FN6O6S. The summed E-state index contributed by atoms with van der Waals surface area (Å²) in [6, 6.07) is 3.71. The van der Waals surface area contributed by atoms with Crippen LogP contribution < -0.4 is 14.4 Å². The zero-order chi connectivity index (χ0) is 32.5. The van der Waals surface area contributed by atoms with E-state index in [0.29, 0.717) is 31.4 Å². The van der Waals surface area contributed by atoms with E-state index in [4.69, 9.17) is 14.2 Å². The molecule has 4 fully saturated rings. The van der Waals surface area contributed by atoms with Crippen LogP contribution in [0.1, 0.15) is 56.3 Å². The van der Waals surface area contributed by atoms with Crippen molar-refractivity contribution < 1.29 is 31.8 Å². The van der Waals surface area contributed by atoms with Gasteiger partial charge >= 0.3 is 0 Å². The second kappa shape index (κ2) is 13.7. The van der Waals surface area contributed by atoms with Gasteiger partial charge in [-0.2, -0.15) is 0 Å². The van der Waals surface area contributed by atoms with E-state index in [1.807, 2.05) is 13.8 Å². The molecule has 4 aliphatic rings. The molecule has 1 aromatic carbocycles. The smallest absolute Gasteiger partial charge is 0.258 e. The summed E-state index contributed by atoms with van der Waals surface area (Å²) in [4.78, 5) is 28.9. The second-order valence-electron chi connectivity index (χ2n) is 13.6. The third kappa shape index (κ3) is 7.62. The number of ether oxygens (including phenoxy) is 3. The van der Waals surface area contributed by atoms with Gasteiger partial charge in [0.05, 0.1) is 43.4 Å². The molecule has 0 aliphatic carbocycles. The summed E-state index contributed by atoms with van der Waals surface area (Å²) in [5.41, 5.74) is 0.348. The molecule has 0 unspecified atom stereocenters. The van der Waals surface area contributed by atoms with Gasteiger partial charge in [-0.1, -0.05) is 0 Å². The summed E-state index contributed by atoms with van der Waals surface area (Å²) in [6.45, 7) is 9.85. The molecule has 6 rings (SSSR count). The Hall–Kier alpha value is -2.91. The van der Waals surface area contributed by atoms with Crippen molar-refractivity contribution >= 4 is 21.7 Å².